The Morgan fingerprint density at radius 2 is 1.84 bits per heavy atom. The van der Waals surface area contributed by atoms with Crippen molar-refractivity contribution in [2.45, 2.75) is 37.9 Å². The number of thioether (sulfide) groups is 1. The Bertz CT molecular complexity index is 1270. The highest BCUT2D eigenvalue weighted by molar-refractivity contribution is 7.98. The number of nitrogen functional groups attached to an aromatic ring is 1. The van der Waals surface area contributed by atoms with Gasteiger partial charge in [0.25, 0.3) is 0 Å². The lowest BCUT2D eigenvalue weighted by atomic mass is 9.99. The number of hydrogen-bond acceptors (Lipinski definition) is 6. The number of benzene rings is 2. The van der Waals surface area contributed by atoms with E-state index in [-0.39, 0.29) is 0 Å². The summed E-state index contributed by atoms with van der Waals surface area (Å²) in [6.07, 6.45) is 4.85. The molecule has 164 valence electrons. The molecule has 3 N–H and O–H groups in total. The van der Waals surface area contributed by atoms with E-state index in [2.05, 4.69) is 21.5 Å². The molecule has 0 aliphatic carbocycles. The molecule has 0 amide bonds. The Kier molecular flexibility index (Phi) is 6.41. The van der Waals surface area contributed by atoms with Gasteiger partial charge in [0.2, 0.25) is 0 Å². The number of nitrogens with zero attached hydrogens (tertiary/aromatic N) is 4. The molecule has 32 heavy (non-hydrogen) atoms. The van der Waals surface area contributed by atoms with Gasteiger partial charge in [0.05, 0.1) is 12.1 Å². The third kappa shape index (κ3) is 4.31. The monoisotopic (exact) mass is 447 g/mol. The van der Waals surface area contributed by atoms with Crippen molar-refractivity contribution in [3.8, 4) is 11.1 Å². The first-order chi connectivity index (χ1) is 15.5. The van der Waals surface area contributed by atoms with Gasteiger partial charge < -0.3 is 15.4 Å². The van der Waals surface area contributed by atoms with E-state index < -0.39 is 5.97 Å². The maximum atomic E-state index is 11.6. The summed E-state index contributed by atoms with van der Waals surface area (Å²) in [6.45, 7) is 2.75. The zero-order valence-corrected chi connectivity index (χ0v) is 18.9. The van der Waals surface area contributed by atoms with E-state index >= 15 is 0 Å². The van der Waals surface area contributed by atoms with Gasteiger partial charge in [0.15, 0.2) is 22.1 Å². The van der Waals surface area contributed by atoms with Crippen molar-refractivity contribution in [2.75, 3.05) is 12.0 Å². The summed E-state index contributed by atoms with van der Waals surface area (Å²) in [5.74, 6) is 0.412. The van der Waals surface area contributed by atoms with Gasteiger partial charge in [-0.15, -0.1) is 0 Å². The van der Waals surface area contributed by atoms with Crippen LogP contribution < -0.4 is 5.73 Å². The number of rotatable bonds is 8. The minimum atomic E-state index is -0.933. The summed E-state index contributed by atoms with van der Waals surface area (Å²) >= 11 is 1.45. The number of carboxylic acid groups (broad SMARTS) is 1. The minimum Gasteiger partial charge on any atom is -0.478 e. The molecule has 0 unspecified atom stereocenters. The van der Waals surface area contributed by atoms with Crippen molar-refractivity contribution < 1.29 is 9.90 Å². The van der Waals surface area contributed by atoms with Crippen LogP contribution in [0.5, 0.6) is 0 Å². The lowest BCUT2D eigenvalue weighted by Crippen LogP contribution is -2.07. The molecule has 0 bridgehead atoms. The van der Waals surface area contributed by atoms with Crippen LogP contribution in [0.4, 0.5) is 5.82 Å². The van der Waals surface area contributed by atoms with Crippen LogP contribution in [0, 0.1) is 0 Å². The first-order valence-electron chi connectivity index (χ1n) is 10.5. The van der Waals surface area contributed by atoms with Crippen LogP contribution in [0.2, 0.25) is 0 Å². The fourth-order valence-corrected chi connectivity index (χ4v) is 4.09. The molecule has 4 aromatic rings. The van der Waals surface area contributed by atoms with Crippen LogP contribution in [0.15, 0.2) is 53.7 Å². The van der Waals surface area contributed by atoms with Gasteiger partial charge in [-0.2, -0.15) is 0 Å². The molecule has 0 fully saturated rings. The van der Waals surface area contributed by atoms with Gasteiger partial charge >= 0.3 is 5.97 Å². The summed E-state index contributed by atoms with van der Waals surface area (Å²) in [5.41, 5.74) is 10.5. The van der Waals surface area contributed by atoms with Gasteiger partial charge in [-0.1, -0.05) is 67.6 Å². The highest BCUT2D eigenvalue weighted by atomic mass is 32.2. The van der Waals surface area contributed by atoms with Gasteiger partial charge in [-0.3, -0.25) is 0 Å². The first-order valence-corrected chi connectivity index (χ1v) is 11.7. The molecule has 0 aliphatic heterocycles. The molecule has 0 atom stereocenters. The lowest BCUT2D eigenvalue weighted by Gasteiger charge is -2.11. The molecule has 2 heterocycles. The number of unbranched alkanes of at least 4 members (excludes halogenated alkanes) is 1. The molecule has 0 aliphatic rings. The molecular weight excluding hydrogens is 422 g/mol. The second-order valence-corrected chi connectivity index (χ2v) is 8.31. The van der Waals surface area contributed by atoms with Gasteiger partial charge in [0.1, 0.15) is 5.82 Å². The number of nitrogens with two attached hydrogens (primary N) is 1. The SMILES string of the molecule is CCCCc1nc2c(N)nc(SC)nc2n1Cc1ccc(-c2ccccc2C(=O)O)cc1. The molecule has 7 nitrogen and oxygen atoms in total. The normalized spacial score (nSPS) is 11.2. The van der Waals surface area contributed by atoms with Crippen LogP contribution in [0.1, 0.15) is 41.5 Å². The number of carbonyl (C=O) groups is 1. The predicted octanol–water partition coefficient (Wildman–Crippen LogP) is 4.89. The third-order valence-corrected chi connectivity index (χ3v) is 5.93. The van der Waals surface area contributed by atoms with Crippen LogP contribution >= 0.6 is 11.8 Å². The summed E-state index contributed by atoms with van der Waals surface area (Å²) in [6, 6.07) is 15.0. The maximum absolute atomic E-state index is 11.6. The fraction of sp³-hybridized carbons (Fsp3) is 0.250. The highest BCUT2D eigenvalue weighted by Crippen LogP contribution is 2.27. The van der Waals surface area contributed by atoms with Crippen molar-refractivity contribution in [1.29, 1.82) is 0 Å². The van der Waals surface area contributed by atoms with Crippen LogP contribution in [-0.4, -0.2) is 36.9 Å². The van der Waals surface area contributed by atoms with Gasteiger partial charge in [0, 0.05) is 6.42 Å². The minimum absolute atomic E-state index is 0.291. The Hall–Kier alpha value is -3.39. The summed E-state index contributed by atoms with van der Waals surface area (Å²) in [7, 11) is 0. The summed E-state index contributed by atoms with van der Waals surface area (Å²) in [4.78, 5) is 25.3. The number of aromatic carboxylic acids is 1. The van der Waals surface area contributed by atoms with Crippen molar-refractivity contribution in [1.82, 2.24) is 19.5 Å². The van der Waals surface area contributed by atoms with Gasteiger partial charge in [-0.05, 0) is 35.4 Å². The average molecular weight is 448 g/mol. The molecule has 0 saturated heterocycles. The van der Waals surface area contributed by atoms with E-state index in [4.69, 9.17) is 10.7 Å². The Balaban J connectivity index is 1.71. The zero-order chi connectivity index (χ0) is 22.7. The van der Waals surface area contributed by atoms with Crippen molar-refractivity contribution >= 4 is 34.7 Å². The highest BCUT2D eigenvalue weighted by Gasteiger charge is 2.17. The number of hydrogen-bond donors (Lipinski definition) is 2. The number of fused-ring (bicyclic) bond motifs is 1. The van der Waals surface area contributed by atoms with E-state index in [1.165, 1.54) is 11.8 Å². The molecule has 0 spiro atoms. The molecule has 4 rings (SSSR count). The molecule has 8 heteroatoms. The van der Waals surface area contributed by atoms with Crippen LogP contribution in [-0.2, 0) is 13.0 Å². The quantitative estimate of drug-likeness (QED) is 0.293. The summed E-state index contributed by atoms with van der Waals surface area (Å²) < 4.78 is 2.11. The largest absolute Gasteiger partial charge is 0.478 e. The second kappa shape index (κ2) is 9.40. The molecule has 2 aromatic heterocycles. The smallest absolute Gasteiger partial charge is 0.336 e. The van der Waals surface area contributed by atoms with E-state index in [9.17, 15) is 9.90 Å². The third-order valence-electron chi connectivity index (χ3n) is 5.38. The average Bonchev–Trinajstić information content (AvgIpc) is 3.15. The van der Waals surface area contributed by atoms with Crippen molar-refractivity contribution in [3.63, 3.8) is 0 Å². The second-order valence-electron chi connectivity index (χ2n) is 7.53. The molecule has 0 radical (unpaired) electrons. The Morgan fingerprint density at radius 3 is 2.53 bits per heavy atom. The molecule has 2 aromatic carbocycles. The Morgan fingerprint density at radius 1 is 1.09 bits per heavy atom. The number of carboxylic acids is 1. The number of imidazole rings is 1. The fourth-order valence-electron chi connectivity index (χ4n) is 3.72. The lowest BCUT2D eigenvalue weighted by molar-refractivity contribution is 0.0697. The number of anilines is 1. The van der Waals surface area contributed by atoms with E-state index in [0.29, 0.717) is 34.2 Å². The predicted molar refractivity (Wildman–Crippen MR) is 128 cm³/mol. The van der Waals surface area contributed by atoms with E-state index in [1.54, 1.807) is 12.1 Å². The topological polar surface area (TPSA) is 107 Å². The van der Waals surface area contributed by atoms with Crippen molar-refractivity contribution in [3.05, 3.63) is 65.5 Å². The summed E-state index contributed by atoms with van der Waals surface area (Å²) in [5, 5.41) is 10.1. The number of aryl methyl sites for hydroxylation is 1. The zero-order valence-electron chi connectivity index (χ0n) is 18.1. The Labute approximate surface area is 190 Å². The number of aromatic nitrogens is 4. The maximum Gasteiger partial charge on any atom is 0.336 e. The van der Waals surface area contributed by atoms with Gasteiger partial charge in [-0.25, -0.2) is 19.7 Å². The van der Waals surface area contributed by atoms with E-state index in [1.807, 2.05) is 42.7 Å². The van der Waals surface area contributed by atoms with Crippen molar-refractivity contribution in [2.24, 2.45) is 0 Å². The van der Waals surface area contributed by atoms with E-state index in [0.717, 1.165) is 41.9 Å². The molecule has 0 saturated carbocycles. The first kappa shape index (κ1) is 21.8. The van der Waals surface area contributed by atoms with Crippen LogP contribution in [0.3, 0.4) is 0 Å². The van der Waals surface area contributed by atoms with Crippen LogP contribution in [0.25, 0.3) is 22.3 Å². The standard InChI is InChI=1S/C24H25N5O2S/c1-3-4-9-19-26-20-21(25)27-24(32-2)28-22(20)29(19)14-15-10-12-16(13-11-15)17-7-5-6-8-18(17)23(30)31/h5-8,10-13H,3-4,9,14H2,1-2H3,(H,30,31)(H2,25,27,28). The molecular formula is C24H25N5O2S.